The molecule has 2 aliphatic rings. The number of hydrogen-bond donors (Lipinski definition) is 4. The van der Waals surface area contributed by atoms with Crippen molar-refractivity contribution in [2.24, 2.45) is 0 Å². The molecule has 3 rings (SSSR count). The summed E-state index contributed by atoms with van der Waals surface area (Å²) in [6, 6.07) is 6.35. The van der Waals surface area contributed by atoms with Gasteiger partial charge in [-0.05, 0) is 37.6 Å². The van der Waals surface area contributed by atoms with Gasteiger partial charge in [-0.3, -0.25) is 14.9 Å². The van der Waals surface area contributed by atoms with Crippen LogP contribution in [0.1, 0.15) is 29.3 Å². The zero-order chi connectivity index (χ0) is 15.7. The van der Waals surface area contributed by atoms with Gasteiger partial charge in [0.15, 0.2) is 0 Å². The molecule has 2 fully saturated rings. The molecule has 2 aliphatic heterocycles. The highest BCUT2D eigenvalue weighted by Gasteiger charge is 2.43. The standard InChI is InChI=1S/C15H18N4O3.ClH/c1-15(13(21)18-14(22)19-15)10-4-2-9(3-5-10)12(20)17-11-6-7-16-8-11;/h2-5,11,16H,6-8H2,1H3,(H,17,20)(H2,18,19,21,22);1H. The van der Waals surface area contributed by atoms with E-state index in [9.17, 15) is 14.4 Å². The largest absolute Gasteiger partial charge is 0.348 e. The first-order chi connectivity index (χ1) is 10.5. The van der Waals surface area contributed by atoms with Crippen molar-refractivity contribution >= 4 is 30.3 Å². The third kappa shape index (κ3) is 3.30. The van der Waals surface area contributed by atoms with Crippen LogP contribution in [0.3, 0.4) is 0 Å². The first kappa shape index (κ1) is 17.2. The lowest BCUT2D eigenvalue weighted by atomic mass is 9.91. The fourth-order valence-electron chi connectivity index (χ4n) is 2.75. The molecule has 2 atom stereocenters. The van der Waals surface area contributed by atoms with Crippen molar-refractivity contribution in [1.29, 1.82) is 0 Å². The number of carbonyl (C=O) groups excluding carboxylic acids is 3. The average molecular weight is 339 g/mol. The molecule has 0 aromatic heterocycles. The van der Waals surface area contributed by atoms with E-state index in [4.69, 9.17) is 0 Å². The van der Waals surface area contributed by atoms with Gasteiger partial charge < -0.3 is 16.0 Å². The van der Waals surface area contributed by atoms with Crippen molar-refractivity contribution < 1.29 is 14.4 Å². The molecular weight excluding hydrogens is 320 g/mol. The summed E-state index contributed by atoms with van der Waals surface area (Å²) in [7, 11) is 0. The summed E-state index contributed by atoms with van der Waals surface area (Å²) in [6.45, 7) is 3.33. The van der Waals surface area contributed by atoms with Gasteiger partial charge in [-0.2, -0.15) is 0 Å². The Labute approximate surface area is 140 Å². The van der Waals surface area contributed by atoms with Gasteiger partial charge in [-0.25, -0.2) is 4.79 Å². The molecule has 124 valence electrons. The Morgan fingerprint density at radius 1 is 1.26 bits per heavy atom. The predicted molar refractivity (Wildman–Crippen MR) is 86.5 cm³/mol. The number of amides is 4. The Morgan fingerprint density at radius 3 is 2.48 bits per heavy atom. The molecule has 0 radical (unpaired) electrons. The molecule has 7 nitrogen and oxygen atoms in total. The zero-order valence-corrected chi connectivity index (χ0v) is 13.5. The van der Waals surface area contributed by atoms with Gasteiger partial charge in [-0.1, -0.05) is 12.1 Å². The van der Waals surface area contributed by atoms with Crippen molar-refractivity contribution in [3.8, 4) is 0 Å². The minimum Gasteiger partial charge on any atom is -0.348 e. The van der Waals surface area contributed by atoms with E-state index in [1.54, 1.807) is 31.2 Å². The average Bonchev–Trinajstić information content (AvgIpc) is 3.08. The highest BCUT2D eigenvalue weighted by Crippen LogP contribution is 2.24. The topological polar surface area (TPSA) is 99.3 Å². The van der Waals surface area contributed by atoms with Crippen LogP contribution >= 0.6 is 12.4 Å². The Bertz CT molecular complexity index is 628. The number of urea groups is 1. The van der Waals surface area contributed by atoms with Gasteiger partial charge in [0.25, 0.3) is 11.8 Å². The summed E-state index contributed by atoms with van der Waals surface area (Å²) < 4.78 is 0. The van der Waals surface area contributed by atoms with E-state index in [0.717, 1.165) is 19.5 Å². The van der Waals surface area contributed by atoms with E-state index < -0.39 is 17.5 Å². The molecule has 1 aromatic rings. The van der Waals surface area contributed by atoms with Crippen LogP contribution in [0.4, 0.5) is 4.79 Å². The molecule has 2 unspecified atom stereocenters. The van der Waals surface area contributed by atoms with E-state index in [0.29, 0.717) is 11.1 Å². The van der Waals surface area contributed by atoms with Crippen LogP contribution < -0.4 is 21.3 Å². The monoisotopic (exact) mass is 338 g/mol. The molecular formula is C15H19ClN4O3. The van der Waals surface area contributed by atoms with Gasteiger partial charge in [0, 0.05) is 18.2 Å². The predicted octanol–water partition coefficient (Wildman–Crippen LogP) is 0.255. The summed E-state index contributed by atoms with van der Waals surface area (Å²) in [5.41, 5.74) is 0.0699. The summed E-state index contributed by atoms with van der Waals surface area (Å²) in [5.74, 6) is -0.531. The second-order valence-corrected chi connectivity index (χ2v) is 5.77. The number of hydrogen-bond acceptors (Lipinski definition) is 4. The number of halogens is 1. The minimum atomic E-state index is -1.10. The Balaban J connectivity index is 0.00000192. The molecule has 0 saturated carbocycles. The normalized spacial score (nSPS) is 26.2. The van der Waals surface area contributed by atoms with Crippen LogP contribution in [0.2, 0.25) is 0 Å². The Kier molecular flexibility index (Phi) is 4.91. The van der Waals surface area contributed by atoms with Crippen LogP contribution in [0.15, 0.2) is 24.3 Å². The molecule has 23 heavy (non-hydrogen) atoms. The lowest BCUT2D eigenvalue weighted by Crippen LogP contribution is -2.40. The van der Waals surface area contributed by atoms with Crippen LogP contribution in [-0.4, -0.2) is 37.0 Å². The van der Waals surface area contributed by atoms with Gasteiger partial charge in [0.1, 0.15) is 5.54 Å². The molecule has 1 aromatic carbocycles. The number of imide groups is 1. The van der Waals surface area contributed by atoms with Crippen LogP contribution in [0.25, 0.3) is 0 Å². The third-order valence-corrected chi connectivity index (χ3v) is 4.16. The third-order valence-electron chi connectivity index (χ3n) is 4.16. The first-order valence-corrected chi connectivity index (χ1v) is 7.25. The number of carbonyl (C=O) groups is 3. The maximum Gasteiger partial charge on any atom is 0.322 e. The molecule has 8 heteroatoms. The molecule has 2 heterocycles. The zero-order valence-electron chi connectivity index (χ0n) is 12.6. The van der Waals surface area contributed by atoms with Gasteiger partial charge in [0.2, 0.25) is 0 Å². The molecule has 0 aliphatic carbocycles. The fourth-order valence-corrected chi connectivity index (χ4v) is 2.75. The van der Waals surface area contributed by atoms with Crippen molar-refractivity contribution in [1.82, 2.24) is 21.3 Å². The van der Waals surface area contributed by atoms with Gasteiger partial charge in [-0.15, -0.1) is 12.4 Å². The number of rotatable bonds is 3. The molecule has 0 bridgehead atoms. The maximum atomic E-state index is 12.1. The Morgan fingerprint density at radius 2 is 1.96 bits per heavy atom. The minimum absolute atomic E-state index is 0. The highest BCUT2D eigenvalue weighted by atomic mass is 35.5. The van der Waals surface area contributed by atoms with Crippen molar-refractivity contribution in [3.63, 3.8) is 0 Å². The van der Waals surface area contributed by atoms with Crippen LogP contribution in [0, 0.1) is 0 Å². The van der Waals surface area contributed by atoms with Crippen molar-refractivity contribution in [3.05, 3.63) is 35.4 Å². The second-order valence-electron chi connectivity index (χ2n) is 5.77. The fraction of sp³-hybridized carbons (Fsp3) is 0.400. The van der Waals surface area contributed by atoms with Gasteiger partial charge >= 0.3 is 6.03 Å². The Hall–Kier alpha value is -2.12. The molecule has 4 amide bonds. The summed E-state index contributed by atoms with van der Waals surface area (Å²) in [4.78, 5) is 35.3. The van der Waals surface area contributed by atoms with Crippen LogP contribution in [-0.2, 0) is 10.3 Å². The van der Waals surface area contributed by atoms with Crippen molar-refractivity contribution in [2.75, 3.05) is 13.1 Å². The molecule has 0 spiro atoms. The van der Waals surface area contributed by atoms with E-state index in [1.165, 1.54) is 0 Å². The SMILES string of the molecule is CC1(c2ccc(C(=O)NC3CCNC3)cc2)NC(=O)NC1=O.Cl. The summed E-state index contributed by atoms with van der Waals surface area (Å²) in [5, 5.41) is 11.0. The molecule has 4 N–H and O–H groups in total. The highest BCUT2D eigenvalue weighted by molar-refractivity contribution is 6.07. The first-order valence-electron chi connectivity index (χ1n) is 7.25. The summed E-state index contributed by atoms with van der Waals surface area (Å²) in [6.07, 6.45) is 0.925. The van der Waals surface area contributed by atoms with E-state index in [1.807, 2.05) is 0 Å². The lowest BCUT2D eigenvalue weighted by Gasteiger charge is -2.21. The maximum absolute atomic E-state index is 12.1. The van der Waals surface area contributed by atoms with Gasteiger partial charge in [0.05, 0.1) is 0 Å². The van der Waals surface area contributed by atoms with E-state index in [-0.39, 0.29) is 24.4 Å². The van der Waals surface area contributed by atoms with E-state index in [2.05, 4.69) is 21.3 Å². The number of benzene rings is 1. The second kappa shape index (κ2) is 6.55. The number of nitrogens with one attached hydrogen (secondary N) is 4. The van der Waals surface area contributed by atoms with Crippen LogP contribution in [0.5, 0.6) is 0 Å². The lowest BCUT2D eigenvalue weighted by molar-refractivity contribution is -0.123. The summed E-state index contributed by atoms with van der Waals surface area (Å²) >= 11 is 0. The molecule has 2 saturated heterocycles. The smallest absolute Gasteiger partial charge is 0.322 e. The quantitative estimate of drug-likeness (QED) is 0.594. The van der Waals surface area contributed by atoms with Crippen molar-refractivity contribution in [2.45, 2.75) is 24.9 Å². The van der Waals surface area contributed by atoms with E-state index >= 15 is 0 Å².